The van der Waals surface area contributed by atoms with Crippen molar-refractivity contribution in [1.82, 2.24) is 14.3 Å². The number of aryl methyl sites for hydroxylation is 3. The molecule has 0 amide bonds. The summed E-state index contributed by atoms with van der Waals surface area (Å²) in [6.07, 6.45) is 2.41. The fraction of sp³-hybridized carbons (Fsp3) is 0.600. The van der Waals surface area contributed by atoms with Crippen LogP contribution in [0.25, 0.3) is 0 Å². The van der Waals surface area contributed by atoms with Gasteiger partial charge in [-0.1, -0.05) is 44.5 Å². The van der Waals surface area contributed by atoms with Gasteiger partial charge < -0.3 is 4.90 Å². The zero-order chi connectivity index (χ0) is 23.5. The second-order valence-electron chi connectivity index (χ2n) is 9.09. The second kappa shape index (κ2) is 10.3. The van der Waals surface area contributed by atoms with Gasteiger partial charge in [0.25, 0.3) is 0 Å². The molecule has 0 bridgehead atoms. The molecule has 2 heterocycles. The Labute approximate surface area is 194 Å². The standard InChI is InChI=1S/C25H38N4O2S/c1-7-15-32(30,31)29-13-11-28(12-14-29)25-23(17-22-16-18(3)9-10-20(22)5)21(6)26-24(27-25)19(4)8-2/h9-10,16,19H,7-8,11-15,17H2,1-6H3/t19-/m0/s1. The third kappa shape index (κ3) is 5.49. The van der Waals surface area contributed by atoms with Crippen LogP contribution in [0.4, 0.5) is 5.82 Å². The van der Waals surface area contributed by atoms with Crippen LogP contribution in [0.5, 0.6) is 0 Å². The molecule has 1 aliphatic heterocycles. The zero-order valence-corrected chi connectivity index (χ0v) is 21.3. The molecule has 0 spiro atoms. The van der Waals surface area contributed by atoms with Gasteiger partial charge in [0.05, 0.1) is 5.75 Å². The van der Waals surface area contributed by atoms with Crippen LogP contribution in [-0.4, -0.2) is 54.6 Å². The monoisotopic (exact) mass is 458 g/mol. The second-order valence-corrected chi connectivity index (χ2v) is 11.2. The molecule has 1 saturated heterocycles. The minimum atomic E-state index is -3.17. The molecule has 1 aliphatic rings. The van der Waals surface area contributed by atoms with Gasteiger partial charge in [-0.2, -0.15) is 4.31 Å². The molecule has 7 heteroatoms. The fourth-order valence-electron chi connectivity index (χ4n) is 4.22. The van der Waals surface area contributed by atoms with Gasteiger partial charge in [0.1, 0.15) is 11.6 Å². The first-order valence-electron chi connectivity index (χ1n) is 11.8. The number of aromatic nitrogens is 2. The summed E-state index contributed by atoms with van der Waals surface area (Å²) < 4.78 is 26.7. The van der Waals surface area contributed by atoms with Crippen molar-refractivity contribution in [3.63, 3.8) is 0 Å². The molecule has 32 heavy (non-hydrogen) atoms. The minimum absolute atomic E-state index is 0.218. The molecule has 0 N–H and O–H groups in total. The Morgan fingerprint density at radius 1 is 1.03 bits per heavy atom. The van der Waals surface area contributed by atoms with Crippen molar-refractivity contribution >= 4 is 15.8 Å². The first-order chi connectivity index (χ1) is 15.2. The molecule has 0 radical (unpaired) electrons. The van der Waals surface area contributed by atoms with Crippen molar-refractivity contribution in [3.05, 3.63) is 52.0 Å². The maximum atomic E-state index is 12.5. The van der Waals surface area contributed by atoms with E-state index in [1.165, 1.54) is 16.7 Å². The van der Waals surface area contributed by atoms with E-state index in [4.69, 9.17) is 9.97 Å². The highest BCUT2D eigenvalue weighted by molar-refractivity contribution is 7.89. The molecule has 1 aromatic heterocycles. The minimum Gasteiger partial charge on any atom is -0.354 e. The van der Waals surface area contributed by atoms with Crippen molar-refractivity contribution in [2.24, 2.45) is 0 Å². The lowest BCUT2D eigenvalue weighted by molar-refractivity contribution is 0.383. The molecular weight excluding hydrogens is 420 g/mol. The summed E-state index contributed by atoms with van der Waals surface area (Å²) in [5.74, 6) is 2.36. The normalized spacial score (nSPS) is 16.4. The molecule has 3 rings (SSSR count). The van der Waals surface area contributed by atoms with Crippen LogP contribution >= 0.6 is 0 Å². The number of nitrogens with zero attached hydrogens (tertiary/aromatic N) is 4. The average molecular weight is 459 g/mol. The van der Waals surface area contributed by atoms with Gasteiger partial charge in [-0.3, -0.25) is 0 Å². The predicted octanol–water partition coefficient (Wildman–Crippen LogP) is 4.37. The van der Waals surface area contributed by atoms with Gasteiger partial charge in [-0.15, -0.1) is 0 Å². The highest BCUT2D eigenvalue weighted by Crippen LogP contribution is 2.29. The zero-order valence-electron chi connectivity index (χ0n) is 20.5. The van der Waals surface area contributed by atoms with Crippen LogP contribution in [0.2, 0.25) is 0 Å². The van der Waals surface area contributed by atoms with E-state index in [9.17, 15) is 8.42 Å². The third-order valence-corrected chi connectivity index (χ3v) is 8.60. The highest BCUT2D eigenvalue weighted by atomic mass is 32.2. The number of benzene rings is 1. The molecular formula is C25H38N4O2S. The van der Waals surface area contributed by atoms with E-state index in [0.717, 1.165) is 35.7 Å². The van der Waals surface area contributed by atoms with E-state index < -0.39 is 10.0 Å². The lowest BCUT2D eigenvalue weighted by Crippen LogP contribution is -2.49. The molecule has 0 saturated carbocycles. The number of piperazine rings is 1. The van der Waals surface area contributed by atoms with Crippen LogP contribution in [-0.2, 0) is 16.4 Å². The van der Waals surface area contributed by atoms with Crippen molar-refractivity contribution in [2.75, 3.05) is 36.8 Å². The molecule has 2 aromatic rings. The van der Waals surface area contributed by atoms with Crippen molar-refractivity contribution in [2.45, 2.75) is 66.7 Å². The number of sulfonamides is 1. The Bertz CT molecular complexity index is 1040. The smallest absolute Gasteiger partial charge is 0.214 e. The molecule has 1 fully saturated rings. The summed E-state index contributed by atoms with van der Waals surface area (Å²) >= 11 is 0. The fourth-order valence-corrected chi connectivity index (χ4v) is 5.71. The van der Waals surface area contributed by atoms with Crippen LogP contribution in [0, 0.1) is 20.8 Å². The van der Waals surface area contributed by atoms with Crippen molar-refractivity contribution in [3.8, 4) is 0 Å². The Hall–Kier alpha value is -1.99. The maximum absolute atomic E-state index is 12.5. The SMILES string of the molecule is CCCS(=O)(=O)N1CCN(c2nc([C@@H](C)CC)nc(C)c2Cc2cc(C)ccc2C)CC1. The largest absolute Gasteiger partial charge is 0.354 e. The van der Waals surface area contributed by atoms with Gasteiger partial charge in [0, 0.05) is 49.8 Å². The van der Waals surface area contributed by atoms with Crippen molar-refractivity contribution in [1.29, 1.82) is 0 Å². The van der Waals surface area contributed by atoms with Crippen LogP contribution < -0.4 is 4.90 Å². The lowest BCUT2D eigenvalue weighted by Gasteiger charge is -2.36. The summed E-state index contributed by atoms with van der Waals surface area (Å²) in [7, 11) is -3.17. The van der Waals surface area contributed by atoms with E-state index in [-0.39, 0.29) is 11.7 Å². The summed E-state index contributed by atoms with van der Waals surface area (Å²) in [5, 5.41) is 0. The molecule has 176 valence electrons. The Balaban J connectivity index is 1.96. The van der Waals surface area contributed by atoms with Gasteiger partial charge in [0.2, 0.25) is 10.0 Å². The molecule has 0 unspecified atom stereocenters. The van der Waals surface area contributed by atoms with Gasteiger partial charge in [0.15, 0.2) is 0 Å². The number of hydrogen-bond acceptors (Lipinski definition) is 5. The van der Waals surface area contributed by atoms with Gasteiger partial charge in [-0.25, -0.2) is 18.4 Å². The van der Waals surface area contributed by atoms with E-state index in [1.54, 1.807) is 4.31 Å². The summed E-state index contributed by atoms with van der Waals surface area (Å²) in [6.45, 7) is 14.9. The maximum Gasteiger partial charge on any atom is 0.214 e. The van der Waals surface area contributed by atoms with Gasteiger partial charge >= 0.3 is 0 Å². The number of anilines is 1. The first kappa shape index (κ1) is 24.6. The quantitative estimate of drug-likeness (QED) is 0.588. The third-order valence-electron chi connectivity index (χ3n) is 6.53. The molecule has 6 nitrogen and oxygen atoms in total. The summed E-state index contributed by atoms with van der Waals surface area (Å²) in [6, 6.07) is 6.56. The lowest BCUT2D eigenvalue weighted by atomic mass is 9.97. The van der Waals surface area contributed by atoms with Crippen LogP contribution in [0.3, 0.4) is 0 Å². The van der Waals surface area contributed by atoms with E-state index in [2.05, 4.69) is 57.7 Å². The average Bonchev–Trinajstić information content (AvgIpc) is 2.76. The van der Waals surface area contributed by atoms with E-state index in [1.807, 2.05) is 6.92 Å². The van der Waals surface area contributed by atoms with Crippen LogP contribution in [0.15, 0.2) is 18.2 Å². The van der Waals surface area contributed by atoms with Crippen molar-refractivity contribution < 1.29 is 8.42 Å². The number of hydrogen-bond donors (Lipinski definition) is 0. The van der Waals surface area contributed by atoms with Crippen LogP contribution in [0.1, 0.15) is 73.3 Å². The summed E-state index contributed by atoms with van der Waals surface area (Å²) in [4.78, 5) is 12.2. The predicted molar refractivity (Wildman–Crippen MR) is 132 cm³/mol. The molecule has 0 aliphatic carbocycles. The Morgan fingerprint density at radius 2 is 1.72 bits per heavy atom. The Morgan fingerprint density at radius 3 is 2.34 bits per heavy atom. The number of rotatable bonds is 8. The topological polar surface area (TPSA) is 66.4 Å². The molecule has 1 aromatic carbocycles. The Kier molecular flexibility index (Phi) is 7.93. The molecule has 1 atom stereocenters. The van der Waals surface area contributed by atoms with E-state index in [0.29, 0.717) is 32.6 Å². The van der Waals surface area contributed by atoms with E-state index >= 15 is 0 Å². The van der Waals surface area contributed by atoms with Gasteiger partial charge in [-0.05, 0) is 44.7 Å². The first-order valence-corrected chi connectivity index (χ1v) is 13.4. The highest BCUT2D eigenvalue weighted by Gasteiger charge is 2.29. The summed E-state index contributed by atoms with van der Waals surface area (Å²) in [5.41, 5.74) is 5.97.